The fourth-order valence-corrected chi connectivity index (χ4v) is 2.42. The van der Waals surface area contributed by atoms with Gasteiger partial charge in [-0.25, -0.2) is 5.10 Å². The topological polar surface area (TPSA) is 89.1 Å². The van der Waals surface area contributed by atoms with Crippen molar-refractivity contribution >= 4 is 35.7 Å². The molecule has 24 heavy (non-hydrogen) atoms. The van der Waals surface area contributed by atoms with Crippen molar-refractivity contribution in [1.82, 2.24) is 14.9 Å². The van der Waals surface area contributed by atoms with Crippen LogP contribution in [0.5, 0.6) is 0 Å². The van der Waals surface area contributed by atoms with E-state index in [0.29, 0.717) is 26.7 Å². The summed E-state index contributed by atoms with van der Waals surface area (Å²) >= 11 is 11.4. The van der Waals surface area contributed by atoms with Crippen LogP contribution < -0.4 is 0 Å². The Morgan fingerprint density at radius 2 is 1.96 bits per heavy atom. The molecule has 0 saturated heterocycles. The number of H-pyrrole nitrogens is 1. The second kappa shape index (κ2) is 6.73. The lowest BCUT2D eigenvalue weighted by Gasteiger charge is -2.02. The van der Waals surface area contributed by atoms with E-state index in [2.05, 4.69) is 15.3 Å². The van der Waals surface area contributed by atoms with Crippen LogP contribution in [-0.2, 0) is 0 Å². The number of hydrogen-bond donors (Lipinski definition) is 1. The number of halogens is 1. The lowest BCUT2D eigenvalue weighted by Crippen LogP contribution is -1.96. The molecule has 0 unspecified atom stereocenters. The lowest BCUT2D eigenvalue weighted by molar-refractivity contribution is -0.384. The second-order valence-electron chi connectivity index (χ2n) is 4.74. The van der Waals surface area contributed by atoms with E-state index >= 15 is 0 Å². The molecule has 0 saturated carbocycles. The van der Waals surface area contributed by atoms with Crippen LogP contribution in [0.4, 0.5) is 5.69 Å². The van der Waals surface area contributed by atoms with Crippen molar-refractivity contribution in [3.63, 3.8) is 0 Å². The molecule has 1 heterocycles. The van der Waals surface area contributed by atoms with Crippen molar-refractivity contribution in [1.29, 1.82) is 0 Å². The molecule has 1 aromatic heterocycles. The molecule has 3 aromatic rings. The molecule has 3 rings (SSSR count). The summed E-state index contributed by atoms with van der Waals surface area (Å²) < 4.78 is 1.75. The minimum Gasteiger partial charge on any atom is -0.258 e. The molecule has 120 valence electrons. The fraction of sp³-hybridized carbons (Fsp3) is 0. The zero-order chi connectivity index (χ0) is 17.1. The summed E-state index contributed by atoms with van der Waals surface area (Å²) in [4.78, 5) is 10.2. The Balaban J connectivity index is 1.96. The first kappa shape index (κ1) is 16.0. The Kier molecular flexibility index (Phi) is 4.50. The predicted molar refractivity (Wildman–Crippen MR) is 93.9 cm³/mol. The fourth-order valence-electron chi connectivity index (χ4n) is 2.02. The molecule has 0 radical (unpaired) electrons. The number of aromatic amines is 1. The summed E-state index contributed by atoms with van der Waals surface area (Å²) in [5, 5.41) is 22.3. The molecule has 9 heteroatoms. The smallest absolute Gasteiger partial charge is 0.258 e. The summed E-state index contributed by atoms with van der Waals surface area (Å²) in [5.74, 6) is 0.476. The minimum atomic E-state index is -0.456. The molecule has 0 fully saturated rings. The van der Waals surface area contributed by atoms with Gasteiger partial charge in [0.05, 0.1) is 16.2 Å². The van der Waals surface area contributed by atoms with Crippen LogP contribution >= 0.6 is 23.8 Å². The van der Waals surface area contributed by atoms with Crippen molar-refractivity contribution in [3.05, 3.63) is 74.0 Å². The zero-order valence-corrected chi connectivity index (χ0v) is 13.7. The van der Waals surface area contributed by atoms with Gasteiger partial charge in [0.1, 0.15) is 0 Å². The number of non-ortho nitro benzene ring substituents is 1. The van der Waals surface area contributed by atoms with E-state index in [0.717, 1.165) is 0 Å². The average molecular weight is 360 g/mol. The van der Waals surface area contributed by atoms with Crippen LogP contribution in [0.25, 0.3) is 11.4 Å². The highest BCUT2D eigenvalue weighted by Gasteiger charge is 2.11. The second-order valence-corrected chi connectivity index (χ2v) is 5.53. The Morgan fingerprint density at radius 1 is 1.25 bits per heavy atom. The normalized spacial score (nSPS) is 11.0. The maximum atomic E-state index is 10.7. The minimum absolute atomic E-state index is 0.0174. The van der Waals surface area contributed by atoms with E-state index in [1.54, 1.807) is 18.2 Å². The number of nitrogens with one attached hydrogen (secondary N) is 1. The standard InChI is InChI=1S/C15H10ClN5O2S/c16-13-4-2-1-3-12(13)14-18-19-15(24)20(14)17-9-10-5-7-11(8-6-10)21(22)23/h1-9H,(H,19,24). The summed E-state index contributed by atoms with van der Waals surface area (Å²) in [5.41, 5.74) is 1.39. The van der Waals surface area contributed by atoms with Gasteiger partial charge < -0.3 is 0 Å². The largest absolute Gasteiger partial charge is 0.269 e. The number of nitro groups is 1. The van der Waals surface area contributed by atoms with Crippen LogP contribution in [0, 0.1) is 14.9 Å². The van der Waals surface area contributed by atoms with Gasteiger partial charge >= 0.3 is 0 Å². The Hall–Kier alpha value is -2.84. The highest BCUT2D eigenvalue weighted by molar-refractivity contribution is 7.71. The number of benzene rings is 2. The van der Waals surface area contributed by atoms with E-state index in [4.69, 9.17) is 23.8 Å². The summed E-state index contributed by atoms with van der Waals surface area (Å²) in [6.45, 7) is 0. The number of rotatable bonds is 4. The van der Waals surface area contributed by atoms with E-state index in [1.165, 1.54) is 23.0 Å². The average Bonchev–Trinajstić information content (AvgIpc) is 2.94. The molecule has 0 aliphatic rings. The van der Waals surface area contributed by atoms with Gasteiger partial charge in [0, 0.05) is 17.7 Å². The molecular formula is C15H10ClN5O2S. The Labute approximate surface area is 146 Å². The number of hydrogen-bond acceptors (Lipinski definition) is 5. The molecular weight excluding hydrogens is 350 g/mol. The van der Waals surface area contributed by atoms with Gasteiger partial charge in [-0.3, -0.25) is 10.1 Å². The maximum absolute atomic E-state index is 10.7. The van der Waals surface area contributed by atoms with E-state index in [-0.39, 0.29) is 5.69 Å². The molecule has 0 aliphatic heterocycles. The van der Waals surface area contributed by atoms with Crippen molar-refractivity contribution in [2.75, 3.05) is 0 Å². The van der Waals surface area contributed by atoms with Crippen molar-refractivity contribution in [3.8, 4) is 11.4 Å². The van der Waals surface area contributed by atoms with Crippen molar-refractivity contribution < 1.29 is 4.92 Å². The number of nitrogens with zero attached hydrogens (tertiary/aromatic N) is 4. The predicted octanol–water partition coefficient (Wildman–Crippen LogP) is 4.05. The monoisotopic (exact) mass is 359 g/mol. The van der Waals surface area contributed by atoms with Gasteiger partial charge in [0.2, 0.25) is 4.77 Å². The van der Waals surface area contributed by atoms with Crippen LogP contribution in [-0.4, -0.2) is 26.0 Å². The highest BCUT2D eigenvalue weighted by Crippen LogP contribution is 2.25. The van der Waals surface area contributed by atoms with Crippen molar-refractivity contribution in [2.45, 2.75) is 0 Å². The van der Waals surface area contributed by atoms with Crippen molar-refractivity contribution in [2.24, 2.45) is 5.10 Å². The molecule has 0 amide bonds. The van der Waals surface area contributed by atoms with Gasteiger partial charge in [-0.1, -0.05) is 23.7 Å². The molecule has 0 bridgehead atoms. The molecule has 7 nitrogen and oxygen atoms in total. The Bertz CT molecular complexity index is 978. The highest BCUT2D eigenvalue weighted by atomic mass is 35.5. The van der Waals surface area contributed by atoms with E-state index < -0.39 is 4.92 Å². The maximum Gasteiger partial charge on any atom is 0.269 e. The molecule has 1 N–H and O–H groups in total. The van der Waals surface area contributed by atoms with Crippen LogP contribution in [0.15, 0.2) is 53.6 Å². The SMILES string of the molecule is O=[N+]([O-])c1ccc(C=Nn2c(-c3ccccc3Cl)n[nH]c2=S)cc1. The summed E-state index contributed by atoms with van der Waals surface area (Å²) in [7, 11) is 0. The molecule has 2 aromatic carbocycles. The molecule has 0 atom stereocenters. The van der Waals surface area contributed by atoms with Crippen LogP contribution in [0.1, 0.15) is 5.56 Å². The summed E-state index contributed by atoms with van der Waals surface area (Å²) in [6, 6.07) is 13.2. The van der Waals surface area contributed by atoms with E-state index in [9.17, 15) is 10.1 Å². The third-order valence-corrected chi connectivity index (χ3v) is 3.79. The first-order valence-corrected chi connectivity index (χ1v) is 7.56. The molecule has 0 aliphatic carbocycles. The Morgan fingerprint density at radius 3 is 2.62 bits per heavy atom. The van der Waals surface area contributed by atoms with Gasteiger partial charge in [-0.05, 0) is 42.0 Å². The first-order valence-electron chi connectivity index (χ1n) is 6.77. The quantitative estimate of drug-likeness (QED) is 0.329. The van der Waals surface area contributed by atoms with Gasteiger partial charge in [0.25, 0.3) is 5.69 Å². The third kappa shape index (κ3) is 3.24. The van der Waals surface area contributed by atoms with Crippen LogP contribution in [0.3, 0.4) is 0 Å². The number of aromatic nitrogens is 3. The lowest BCUT2D eigenvalue weighted by atomic mass is 10.2. The number of nitro benzene ring substituents is 1. The van der Waals surface area contributed by atoms with E-state index in [1.807, 2.05) is 18.2 Å². The molecule has 0 spiro atoms. The van der Waals surface area contributed by atoms with Gasteiger partial charge in [-0.2, -0.15) is 14.9 Å². The zero-order valence-electron chi connectivity index (χ0n) is 12.1. The third-order valence-electron chi connectivity index (χ3n) is 3.19. The van der Waals surface area contributed by atoms with Gasteiger partial charge in [-0.15, -0.1) is 0 Å². The van der Waals surface area contributed by atoms with Gasteiger partial charge in [0.15, 0.2) is 5.82 Å². The van der Waals surface area contributed by atoms with Crippen LogP contribution in [0.2, 0.25) is 5.02 Å². The summed E-state index contributed by atoms with van der Waals surface area (Å²) in [6.07, 6.45) is 1.54. The first-order chi connectivity index (χ1) is 11.6.